The van der Waals surface area contributed by atoms with Gasteiger partial charge in [-0.25, -0.2) is 9.18 Å². The highest BCUT2D eigenvalue weighted by Gasteiger charge is 2.25. The van der Waals surface area contributed by atoms with Crippen LogP contribution in [-0.2, 0) is 4.74 Å². The van der Waals surface area contributed by atoms with E-state index in [1.165, 1.54) is 6.07 Å². The number of nitro benzene ring substituents is 1. The van der Waals surface area contributed by atoms with Crippen molar-refractivity contribution in [2.24, 2.45) is 0 Å². The van der Waals surface area contributed by atoms with Crippen LogP contribution in [0, 0.1) is 15.9 Å². The Labute approximate surface area is 139 Å². The quantitative estimate of drug-likeness (QED) is 0.663. The molecule has 1 saturated heterocycles. The van der Waals surface area contributed by atoms with E-state index in [1.54, 1.807) is 20.8 Å². The molecule has 1 amide bonds. The van der Waals surface area contributed by atoms with Gasteiger partial charge in [0.05, 0.1) is 16.7 Å². The minimum atomic E-state index is -0.867. The number of nitro groups is 1. The van der Waals surface area contributed by atoms with Gasteiger partial charge in [-0.05, 0) is 46.1 Å². The second-order valence-electron chi connectivity index (χ2n) is 6.75. The zero-order valence-electron chi connectivity index (χ0n) is 14.1. The number of benzene rings is 1. The van der Waals surface area contributed by atoms with Crippen LogP contribution in [0.2, 0.25) is 0 Å². The standard InChI is InChI=1S/C16H22FN3O4/c1-16(2,3)24-15(21)18-12-10-13(19-7-5-4-6-8-19)14(20(22)23)9-11(12)17/h9-10H,4-8H2,1-3H3,(H,18,21). The molecule has 0 aromatic heterocycles. The summed E-state index contributed by atoms with van der Waals surface area (Å²) in [5.41, 5.74) is -0.844. The molecule has 1 fully saturated rings. The van der Waals surface area contributed by atoms with Crippen LogP contribution in [0.25, 0.3) is 0 Å². The molecule has 0 saturated carbocycles. The Morgan fingerprint density at radius 2 is 1.92 bits per heavy atom. The molecule has 1 aromatic rings. The molecule has 7 nitrogen and oxygen atoms in total. The van der Waals surface area contributed by atoms with Crippen LogP contribution >= 0.6 is 0 Å². The lowest BCUT2D eigenvalue weighted by molar-refractivity contribution is -0.384. The smallest absolute Gasteiger partial charge is 0.412 e. The lowest BCUT2D eigenvalue weighted by atomic mass is 10.1. The molecule has 24 heavy (non-hydrogen) atoms. The average molecular weight is 339 g/mol. The zero-order valence-corrected chi connectivity index (χ0v) is 14.1. The van der Waals surface area contributed by atoms with Gasteiger partial charge in [-0.15, -0.1) is 0 Å². The highest BCUT2D eigenvalue weighted by molar-refractivity contribution is 5.87. The summed E-state index contributed by atoms with van der Waals surface area (Å²) in [5.74, 6) is -0.867. The van der Waals surface area contributed by atoms with Crippen molar-refractivity contribution in [2.45, 2.75) is 45.6 Å². The summed E-state index contributed by atoms with van der Waals surface area (Å²) in [5, 5.41) is 13.6. The largest absolute Gasteiger partial charge is 0.444 e. The molecule has 132 valence electrons. The van der Waals surface area contributed by atoms with Crippen LogP contribution in [0.15, 0.2) is 12.1 Å². The van der Waals surface area contributed by atoms with Crippen LogP contribution in [0.1, 0.15) is 40.0 Å². The molecule has 1 aromatic carbocycles. The van der Waals surface area contributed by atoms with E-state index < -0.39 is 22.4 Å². The number of rotatable bonds is 3. The fourth-order valence-electron chi connectivity index (χ4n) is 2.60. The number of anilines is 2. The van der Waals surface area contributed by atoms with Gasteiger partial charge in [0.1, 0.15) is 11.3 Å². The van der Waals surface area contributed by atoms with Crippen molar-refractivity contribution in [1.29, 1.82) is 0 Å². The van der Waals surface area contributed by atoms with Gasteiger partial charge in [-0.1, -0.05) is 0 Å². The lowest BCUT2D eigenvalue weighted by Gasteiger charge is -2.29. The highest BCUT2D eigenvalue weighted by atomic mass is 19.1. The van der Waals surface area contributed by atoms with E-state index >= 15 is 0 Å². The summed E-state index contributed by atoms with van der Waals surface area (Å²) in [6.45, 7) is 6.41. The number of piperidine rings is 1. The Hall–Kier alpha value is -2.38. The minimum Gasteiger partial charge on any atom is -0.444 e. The van der Waals surface area contributed by atoms with E-state index in [2.05, 4.69) is 5.32 Å². The topological polar surface area (TPSA) is 84.7 Å². The van der Waals surface area contributed by atoms with Crippen LogP contribution in [0.3, 0.4) is 0 Å². The first-order chi connectivity index (χ1) is 11.2. The fraction of sp³-hybridized carbons (Fsp3) is 0.562. The van der Waals surface area contributed by atoms with Crippen molar-refractivity contribution >= 4 is 23.2 Å². The van der Waals surface area contributed by atoms with E-state index in [0.29, 0.717) is 18.8 Å². The SMILES string of the molecule is CC(C)(C)OC(=O)Nc1cc(N2CCCCC2)c([N+](=O)[O-])cc1F. The third kappa shape index (κ3) is 4.56. The van der Waals surface area contributed by atoms with Crippen molar-refractivity contribution in [1.82, 2.24) is 0 Å². The maximum atomic E-state index is 14.2. The third-order valence-corrected chi connectivity index (χ3v) is 3.59. The Bertz CT molecular complexity index is 637. The van der Waals surface area contributed by atoms with Crippen LogP contribution < -0.4 is 10.2 Å². The van der Waals surface area contributed by atoms with Gasteiger partial charge in [0.2, 0.25) is 0 Å². The number of nitrogens with one attached hydrogen (secondary N) is 1. The van der Waals surface area contributed by atoms with Crippen molar-refractivity contribution < 1.29 is 18.8 Å². The molecule has 1 aliphatic rings. The predicted octanol–water partition coefficient (Wildman–Crippen LogP) is 4.07. The maximum absolute atomic E-state index is 14.2. The number of nitrogens with zero attached hydrogens (tertiary/aromatic N) is 2. The van der Waals surface area contributed by atoms with Gasteiger partial charge in [0, 0.05) is 13.1 Å². The van der Waals surface area contributed by atoms with E-state index in [4.69, 9.17) is 4.74 Å². The summed E-state index contributed by atoms with van der Waals surface area (Å²) >= 11 is 0. The molecule has 1 heterocycles. The Kier molecular flexibility index (Phi) is 5.26. The van der Waals surface area contributed by atoms with Crippen LogP contribution in [-0.4, -0.2) is 29.7 Å². The van der Waals surface area contributed by atoms with E-state index in [9.17, 15) is 19.3 Å². The van der Waals surface area contributed by atoms with E-state index in [-0.39, 0.29) is 11.4 Å². The Morgan fingerprint density at radius 1 is 1.29 bits per heavy atom. The Morgan fingerprint density at radius 3 is 2.46 bits per heavy atom. The first-order valence-electron chi connectivity index (χ1n) is 7.90. The molecule has 1 aliphatic heterocycles. The summed E-state index contributed by atoms with van der Waals surface area (Å²) in [6, 6.07) is 2.15. The van der Waals surface area contributed by atoms with Crippen molar-refractivity contribution in [3.05, 3.63) is 28.1 Å². The zero-order chi connectivity index (χ0) is 17.9. The first-order valence-corrected chi connectivity index (χ1v) is 7.90. The summed E-state index contributed by atoms with van der Waals surface area (Å²) in [7, 11) is 0. The second kappa shape index (κ2) is 7.02. The molecular weight excluding hydrogens is 317 g/mol. The summed E-state index contributed by atoms with van der Waals surface area (Å²) in [4.78, 5) is 24.3. The average Bonchev–Trinajstić information content (AvgIpc) is 2.47. The molecule has 1 N–H and O–H groups in total. The van der Waals surface area contributed by atoms with Crippen molar-refractivity contribution in [2.75, 3.05) is 23.3 Å². The monoisotopic (exact) mass is 339 g/mol. The van der Waals surface area contributed by atoms with Crippen molar-refractivity contribution in [3.63, 3.8) is 0 Å². The van der Waals surface area contributed by atoms with Crippen molar-refractivity contribution in [3.8, 4) is 0 Å². The molecule has 8 heteroatoms. The molecular formula is C16H22FN3O4. The number of ether oxygens (including phenoxy) is 1. The second-order valence-corrected chi connectivity index (χ2v) is 6.75. The molecule has 0 spiro atoms. The normalized spacial score (nSPS) is 15.1. The van der Waals surface area contributed by atoms with Gasteiger partial charge in [0.15, 0.2) is 5.82 Å². The highest BCUT2D eigenvalue weighted by Crippen LogP contribution is 2.35. The number of hydrogen-bond donors (Lipinski definition) is 1. The number of amides is 1. The first kappa shape index (κ1) is 18.0. The Balaban J connectivity index is 2.31. The molecule has 0 atom stereocenters. The number of carbonyl (C=O) groups excluding carboxylic acids is 1. The van der Waals surface area contributed by atoms with E-state index in [1.807, 2.05) is 4.90 Å². The predicted molar refractivity (Wildman–Crippen MR) is 89.0 cm³/mol. The van der Waals surface area contributed by atoms with Gasteiger partial charge in [-0.3, -0.25) is 15.4 Å². The number of carbonyl (C=O) groups is 1. The van der Waals surface area contributed by atoms with Crippen LogP contribution in [0.5, 0.6) is 0 Å². The van der Waals surface area contributed by atoms with Gasteiger partial charge < -0.3 is 9.64 Å². The summed E-state index contributed by atoms with van der Waals surface area (Å²) < 4.78 is 19.3. The molecule has 0 radical (unpaired) electrons. The van der Waals surface area contributed by atoms with Gasteiger partial charge in [0.25, 0.3) is 5.69 Å². The molecule has 0 unspecified atom stereocenters. The fourth-order valence-corrected chi connectivity index (χ4v) is 2.60. The van der Waals surface area contributed by atoms with E-state index in [0.717, 1.165) is 25.3 Å². The van der Waals surface area contributed by atoms with Gasteiger partial charge >= 0.3 is 6.09 Å². The molecule has 0 bridgehead atoms. The third-order valence-electron chi connectivity index (χ3n) is 3.59. The molecule has 0 aliphatic carbocycles. The summed E-state index contributed by atoms with van der Waals surface area (Å²) in [6.07, 6.45) is 2.10. The number of halogens is 1. The minimum absolute atomic E-state index is 0.129. The maximum Gasteiger partial charge on any atom is 0.412 e. The number of hydrogen-bond acceptors (Lipinski definition) is 5. The lowest BCUT2D eigenvalue weighted by Crippen LogP contribution is -2.30. The van der Waals surface area contributed by atoms with Crippen LogP contribution in [0.4, 0.5) is 26.2 Å². The van der Waals surface area contributed by atoms with Gasteiger partial charge in [-0.2, -0.15) is 0 Å². The molecule has 2 rings (SSSR count).